The van der Waals surface area contributed by atoms with Gasteiger partial charge in [-0.3, -0.25) is 0 Å². The predicted octanol–water partition coefficient (Wildman–Crippen LogP) is 13.5. The Hall–Kier alpha value is -6.95. The second-order valence-corrected chi connectivity index (χ2v) is 15.6. The molecular formula is C51H30N2O2S. The summed E-state index contributed by atoms with van der Waals surface area (Å²) in [6, 6.07) is 64.8. The van der Waals surface area contributed by atoms with E-state index in [1.54, 1.807) is 0 Å². The van der Waals surface area contributed by atoms with E-state index in [4.69, 9.17) is 18.8 Å². The van der Waals surface area contributed by atoms with E-state index in [-0.39, 0.29) is 0 Å². The average Bonchev–Trinajstić information content (AvgIpc) is 3.97. The van der Waals surface area contributed by atoms with Crippen LogP contribution in [0.25, 0.3) is 78.5 Å². The van der Waals surface area contributed by atoms with Gasteiger partial charge in [0.25, 0.3) is 0 Å². The van der Waals surface area contributed by atoms with Gasteiger partial charge in [0.2, 0.25) is 11.8 Å². The highest BCUT2D eigenvalue weighted by atomic mass is 32.2. The fraction of sp³-hybridized carbons (Fsp3) is 0.0196. The molecule has 0 saturated carbocycles. The van der Waals surface area contributed by atoms with Gasteiger partial charge >= 0.3 is 0 Å². The van der Waals surface area contributed by atoms with Gasteiger partial charge in [-0.15, -0.1) is 0 Å². The lowest BCUT2D eigenvalue weighted by Crippen LogP contribution is -2.31. The molecule has 1 aliphatic heterocycles. The van der Waals surface area contributed by atoms with Crippen molar-refractivity contribution in [1.29, 1.82) is 0 Å². The van der Waals surface area contributed by atoms with Gasteiger partial charge in [-0.1, -0.05) is 127 Å². The summed E-state index contributed by atoms with van der Waals surface area (Å²) in [6.07, 6.45) is 0. The summed E-state index contributed by atoms with van der Waals surface area (Å²) < 4.78 is 12.6. The molecule has 8 aromatic carbocycles. The summed E-state index contributed by atoms with van der Waals surface area (Å²) >= 11 is 1.87. The number of hydrogen-bond acceptors (Lipinski definition) is 5. The summed E-state index contributed by atoms with van der Waals surface area (Å²) in [5, 5.41) is 0. The minimum Gasteiger partial charge on any atom is -0.436 e. The second kappa shape index (κ2) is 12.0. The molecule has 10 aromatic rings. The average molecular weight is 735 g/mol. The molecule has 1 spiro atoms. The first-order valence-corrected chi connectivity index (χ1v) is 19.6. The third-order valence-corrected chi connectivity index (χ3v) is 12.5. The zero-order valence-electron chi connectivity index (χ0n) is 29.9. The van der Waals surface area contributed by atoms with Crippen molar-refractivity contribution in [2.24, 2.45) is 0 Å². The van der Waals surface area contributed by atoms with Crippen molar-refractivity contribution in [1.82, 2.24) is 9.97 Å². The maximum atomic E-state index is 6.30. The molecular weight excluding hydrogens is 705 g/mol. The fourth-order valence-electron chi connectivity index (χ4n) is 8.94. The maximum Gasteiger partial charge on any atom is 0.227 e. The van der Waals surface area contributed by atoms with E-state index in [0.29, 0.717) is 11.8 Å². The molecule has 5 heteroatoms. The number of hydrogen-bond donors (Lipinski definition) is 0. The molecule has 2 aliphatic rings. The molecule has 2 aromatic heterocycles. The number of fused-ring (bicyclic) bond motifs is 11. The maximum absolute atomic E-state index is 6.30. The van der Waals surface area contributed by atoms with Crippen LogP contribution in [0, 0.1) is 0 Å². The highest BCUT2D eigenvalue weighted by Gasteiger charge is 2.50. The summed E-state index contributed by atoms with van der Waals surface area (Å²) in [5.74, 6) is 1.10. The Labute approximate surface area is 327 Å². The van der Waals surface area contributed by atoms with Crippen LogP contribution in [-0.4, -0.2) is 9.97 Å². The van der Waals surface area contributed by atoms with Gasteiger partial charge in [0.15, 0.2) is 11.2 Å². The summed E-state index contributed by atoms with van der Waals surface area (Å²) in [7, 11) is 0. The second-order valence-electron chi connectivity index (χ2n) is 14.5. The number of nitrogens with zero attached hydrogens (tertiary/aromatic N) is 2. The minimum atomic E-state index is -0.430. The molecule has 0 saturated heterocycles. The first-order chi connectivity index (χ1) is 27.7. The molecule has 262 valence electrons. The monoisotopic (exact) mass is 734 g/mol. The van der Waals surface area contributed by atoms with Crippen molar-refractivity contribution in [3.63, 3.8) is 0 Å². The molecule has 0 unspecified atom stereocenters. The van der Waals surface area contributed by atoms with Gasteiger partial charge in [0, 0.05) is 20.9 Å². The predicted molar refractivity (Wildman–Crippen MR) is 225 cm³/mol. The van der Waals surface area contributed by atoms with Gasteiger partial charge in [-0.05, 0) is 122 Å². The quantitative estimate of drug-likeness (QED) is 0.180. The molecule has 12 rings (SSSR count). The van der Waals surface area contributed by atoms with Crippen molar-refractivity contribution >= 4 is 34.0 Å². The van der Waals surface area contributed by atoms with E-state index in [2.05, 4.69) is 133 Å². The Balaban J connectivity index is 1.04. The third-order valence-electron chi connectivity index (χ3n) is 11.4. The Morgan fingerprint density at radius 3 is 1.48 bits per heavy atom. The smallest absolute Gasteiger partial charge is 0.227 e. The lowest BCUT2D eigenvalue weighted by atomic mass is 9.67. The Morgan fingerprint density at radius 2 is 0.839 bits per heavy atom. The zero-order valence-corrected chi connectivity index (χ0v) is 30.8. The Bertz CT molecular complexity index is 3010. The topological polar surface area (TPSA) is 52.1 Å². The van der Waals surface area contributed by atoms with Crippen LogP contribution in [0.4, 0.5) is 0 Å². The summed E-state index contributed by atoms with van der Waals surface area (Å²) in [5.41, 5.74) is 16.7. The SMILES string of the molecule is c1cc(-c2cc(-c3nc4ccccc4o3)cc(-c3nc4ccccc4o3)c2)cc(-c2ccc3c(c2)C2(c4ccccc4Sc4ccccc42)c2ccccc2-3)c1. The largest absolute Gasteiger partial charge is 0.436 e. The lowest BCUT2D eigenvalue weighted by molar-refractivity contribution is 0.617. The van der Waals surface area contributed by atoms with Gasteiger partial charge < -0.3 is 8.83 Å². The van der Waals surface area contributed by atoms with Gasteiger partial charge in [0.1, 0.15) is 11.0 Å². The van der Waals surface area contributed by atoms with Crippen molar-refractivity contribution < 1.29 is 8.83 Å². The van der Waals surface area contributed by atoms with E-state index in [0.717, 1.165) is 50.0 Å². The fourth-order valence-corrected chi connectivity index (χ4v) is 10.1. The Kier molecular flexibility index (Phi) is 6.74. The molecule has 0 atom stereocenters. The van der Waals surface area contributed by atoms with Crippen LogP contribution in [0.1, 0.15) is 22.3 Å². The van der Waals surface area contributed by atoms with Crippen LogP contribution in [0.5, 0.6) is 0 Å². The van der Waals surface area contributed by atoms with E-state index < -0.39 is 5.41 Å². The van der Waals surface area contributed by atoms with Crippen LogP contribution < -0.4 is 0 Å². The van der Waals surface area contributed by atoms with Gasteiger partial charge in [-0.2, -0.15) is 0 Å². The molecule has 0 fully saturated rings. The molecule has 56 heavy (non-hydrogen) atoms. The number of aromatic nitrogens is 2. The molecule has 0 bridgehead atoms. The standard InChI is InChI=1S/C51H30N2O2S/c1-2-15-39-37(14-1)38-25-24-33(30-42(38)51(39)40-16-3-9-22-47(40)56-48-23-10-4-17-41(48)51)31-12-11-13-32(26-31)34-27-35(49-52-43-18-5-7-20-45(43)54-49)29-36(28-34)50-53-44-19-6-8-21-46(44)55-50/h1-30H. The third kappa shape index (κ3) is 4.61. The zero-order chi connectivity index (χ0) is 36.8. The summed E-state index contributed by atoms with van der Waals surface area (Å²) in [4.78, 5) is 12.3. The van der Waals surface area contributed by atoms with Gasteiger partial charge in [0.05, 0.1) is 5.41 Å². The van der Waals surface area contributed by atoms with E-state index in [9.17, 15) is 0 Å². The minimum absolute atomic E-state index is 0.430. The molecule has 0 radical (unpaired) electrons. The normalized spacial score (nSPS) is 13.4. The number of oxazole rings is 2. The molecule has 4 nitrogen and oxygen atoms in total. The highest BCUT2D eigenvalue weighted by Crippen LogP contribution is 2.62. The molecule has 3 heterocycles. The lowest BCUT2D eigenvalue weighted by Gasteiger charge is -2.39. The van der Waals surface area contributed by atoms with Crippen LogP contribution in [0.15, 0.2) is 201 Å². The highest BCUT2D eigenvalue weighted by molar-refractivity contribution is 7.99. The Morgan fingerprint density at radius 1 is 0.357 bits per heavy atom. The van der Waals surface area contributed by atoms with Crippen LogP contribution in [0.3, 0.4) is 0 Å². The molecule has 0 amide bonds. The van der Waals surface area contributed by atoms with Crippen LogP contribution in [-0.2, 0) is 5.41 Å². The van der Waals surface area contributed by atoms with E-state index in [1.807, 2.05) is 60.3 Å². The molecule has 1 aliphatic carbocycles. The van der Waals surface area contributed by atoms with Crippen molar-refractivity contribution in [3.05, 3.63) is 204 Å². The molecule has 0 N–H and O–H groups in total. The van der Waals surface area contributed by atoms with Crippen molar-refractivity contribution in [2.45, 2.75) is 15.2 Å². The summed E-state index contributed by atoms with van der Waals surface area (Å²) in [6.45, 7) is 0. The van der Waals surface area contributed by atoms with Gasteiger partial charge in [-0.25, -0.2) is 9.97 Å². The van der Waals surface area contributed by atoms with Crippen molar-refractivity contribution in [2.75, 3.05) is 0 Å². The number of rotatable bonds is 4. The van der Waals surface area contributed by atoms with E-state index >= 15 is 0 Å². The van der Waals surface area contributed by atoms with E-state index in [1.165, 1.54) is 48.7 Å². The first kappa shape index (κ1) is 31.4. The van der Waals surface area contributed by atoms with Crippen LogP contribution in [0.2, 0.25) is 0 Å². The van der Waals surface area contributed by atoms with Crippen LogP contribution >= 0.6 is 11.8 Å². The first-order valence-electron chi connectivity index (χ1n) is 18.8. The van der Waals surface area contributed by atoms with Crippen molar-refractivity contribution in [3.8, 4) is 56.3 Å². The number of para-hydroxylation sites is 4. The number of benzene rings is 8.